The standard InChI is InChI=1S/C19H21NO2/c1-15-13-20(14-16-7-5-6-10-18(15)16)19(21)11-12-22-17-8-3-2-4-9-17/h2-10,15H,11-14H2,1H3. The highest BCUT2D eigenvalue weighted by Crippen LogP contribution is 2.27. The molecule has 1 heterocycles. The van der Waals surface area contributed by atoms with E-state index >= 15 is 0 Å². The molecule has 0 radical (unpaired) electrons. The van der Waals surface area contributed by atoms with Crippen molar-refractivity contribution in [3.05, 3.63) is 65.7 Å². The Labute approximate surface area is 131 Å². The molecule has 2 aromatic carbocycles. The van der Waals surface area contributed by atoms with Crippen LogP contribution in [-0.2, 0) is 11.3 Å². The van der Waals surface area contributed by atoms with E-state index in [0.29, 0.717) is 25.5 Å². The lowest BCUT2D eigenvalue weighted by Crippen LogP contribution is -2.38. The number of rotatable bonds is 4. The van der Waals surface area contributed by atoms with Crippen LogP contribution in [0, 0.1) is 0 Å². The Morgan fingerprint density at radius 1 is 1.14 bits per heavy atom. The van der Waals surface area contributed by atoms with Gasteiger partial charge in [0.1, 0.15) is 5.75 Å². The summed E-state index contributed by atoms with van der Waals surface area (Å²) in [5.74, 6) is 1.37. The van der Waals surface area contributed by atoms with Crippen LogP contribution in [0.25, 0.3) is 0 Å². The van der Waals surface area contributed by atoms with Crippen molar-refractivity contribution in [1.82, 2.24) is 4.90 Å². The van der Waals surface area contributed by atoms with E-state index in [0.717, 1.165) is 12.3 Å². The second kappa shape index (κ2) is 6.65. The van der Waals surface area contributed by atoms with Crippen LogP contribution in [0.15, 0.2) is 54.6 Å². The Kier molecular flexibility index (Phi) is 4.42. The maximum absolute atomic E-state index is 12.4. The van der Waals surface area contributed by atoms with Gasteiger partial charge in [0, 0.05) is 13.1 Å². The van der Waals surface area contributed by atoms with Crippen LogP contribution in [0.3, 0.4) is 0 Å². The van der Waals surface area contributed by atoms with Gasteiger partial charge in [0.25, 0.3) is 0 Å². The predicted octanol–water partition coefficient (Wildman–Crippen LogP) is 3.60. The molecule has 0 fully saturated rings. The Morgan fingerprint density at radius 3 is 2.68 bits per heavy atom. The summed E-state index contributed by atoms with van der Waals surface area (Å²) < 4.78 is 5.62. The van der Waals surface area contributed by atoms with Crippen LogP contribution < -0.4 is 4.74 Å². The molecule has 3 nitrogen and oxygen atoms in total. The van der Waals surface area contributed by atoms with Gasteiger partial charge in [-0.15, -0.1) is 0 Å². The Hall–Kier alpha value is -2.29. The fourth-order valence-electron chi connectivity index (χ4n) is 2.98. The number of nitrogens with zero attached hydrogens (tertiary/aromatic N) is 1. The van der Waals surface area contributed by atoms with Crippen LogP contribution >= 0.6 is 0 Å². The average Bonchev–Trinajstić information content (AvgIpc) is 2.56. The second-order valence-electron chi connectivity index (χ2n) is 5.79. The molecule has 114 valence electrons. The highest BCUT2D eigenvalue weighted by molar-refractivity contribution is 5.76. The third-order valence-corrected chi connectivity index (χ3v) is 4.12. The first-order valence-electron chi connectivity index (χ1n) is 7.77. The van der Waals surface area contributed by atoms with Crippen molar-refractivity contribution >= 4 is 5.91 Å². The SMILES string of the molecule is CC1CN(C(=O)CCOc2ccccc2)Cc2ccccc21. The summed E-state index contributed by atoms with van der Waals surface area (Å²) in [5, 5.41) is 0. The molecule has 1 amide bonds. The van der Waals surface area contributed by atoms with Gasteiger partial charge in [0.2, 0.25) is 5.91 Å². The summed E-state index contributed by atoms with van der Waals surface area (Å²) in [6.45, 7) is 4.11. The lowest BCUT2D eigenvalue weighted by molar-refractivity contribution is -0.133. The van der Waals surface area contributed by atoms with Crippen LogP contribution in [0.2, 0.25) is 0 Å². The first-order chi connectivity index (χ1) is 10.7. The van der Waals surface area contributed by atoms with E-state index in [4.69, 9.17) is 4.74 Å². The topological polar surface area (TPSA) is 29.5 Å². The number of ether oxygens (including phenoxy) is 1. The van der Waals surface area contributed by atoms with Gasteiger partial charge in [-0.2, -0.15) is 0 Å². The molecule has 2 aromatic rings. The summed E-state index contributed by atoms with van der Waals surface area (Å²) >= 11 is 0. The lowest BCUT2D eigenvalue weighted by Gasteiger charge is -2.33. The van der Waals surface area contributed by atoms with E-state index < -0.39 is 0 Å². The van der Waals surface area contributed by atoms with E-state index in [1.165, 1.54) is 11.1 Å². The lowest BCUT2D eigenvalue weighted by atomic mass is 9.91. The maximum Gasteiger partial charge on any atom is 0.226 e. The number of hydrogen-bond donors (Lipinski definition) is 0. The normalized spacial score (nSPS) is 17.0. The summed E-state index contributed by atoms with van der Waals surface area (Å²) in [4.78, 5) is 14.3. The highest BCUT2D eigenvalue weighted by atomic mass is 16.5. The van der Waals surface area contributed by atoms with Gasteiger partial charge in [-0.1, -0.05) is 49.4 Å². The molecular formula is C19H21NO2. The molecule has 0 spiro atoms. The van der Waals surface area contributed by atoms with E-state index in [-0.39, 0.29) is 5.91 Å². The summed E-state index contributed by atoms with van der Waals surface area (Å²) in [5.41, 5.74) is 2.63. The first kappa shape index (κ1) is 14.6. The molecule has 1 aliphatic heterocycles. The minimum Gasteiger partial charge on any atom is -0.493 e. The van der Waals surface area contributed by atoms with Crippen LogP contribution in [0.5, 0.6) is 5.75 Å². The Bertz CT molecular complexity index is 639. The minimum atomic E-state index is 0.164. The Balaban J connectivity index is 1.55. The van der Waals surface area contributed by atoms with Crippen LogP contribution in [0.1, 0.15) is 30.4 Å². The number of para-hydroxylation sites is 1. The second-order valence-corrected chi connectivity index (χ2v) is 5.79. The predicted molar refractivity (Wildman–Crippen MR) is 86.8 cm³/mol. The van der Waals surface area contributed by atoms with Gasteiger partial charge in [0.05, 0.1) is 13.0 Å². The van der Waals surface area contributed by atoms with Gasteiger partial charge >= 0.3 is 0 Å². The number of fused-ring (bicyclic) bond motifs is 1. The molecule has 1 aliphatic rings. The summed E-state index contributed by atoms with van der Waals surface area (Å²) in [7, 11) is 0. The van der Waals surface area contributed by atoms with E-state index in [2.05, 4.69) is 25.1 Å². The molecule has 0 saturated heterocycles. The molecule has 1 atom stereocenters. The van der Waals surface area contributed by atoms with Crippen molar-refractivity contribution in [2.45, 2.75) is 25.8 Å². The van der Waals surface area contributed by atoms with Gasteiger partial charge in [-0.25, -0.2) is 0 Å². The smallest absolute Gasteiger partial charge is 0.226 e. The highest BCUT2D eigenvalue weighted by Gasteiger charge is 2.24. The number of benzene rings is 2. The quantitative estimate of drug-likeness (QED) is 0.862. The monoisotopic (exact) mass is 295 g/mol. The van der Waals surface area contributed by atoms with Gasteiger partial charge in [-0.3, -0.25) is 4.79 Å². The molecule has 0 aliphatic carbocycles. The molecule has 0 aromatic heterocycles. The third-order valence-electron chi connectivity index (χ3n) is 4.12. The largest absolute Gasteiger partial charge is 0.493 e. The van der Waals surface area contributed by atoms with E-state index in [1.807, 2.05) is 41.3 Å². The minimum absolute atomic E-state index is 0.164. The first-order valence-corrected chi connectivity index (χ1v) is 7.77. The van der Waals surface area contributed by atoms with Gasteiger partial charge in [0.15, 0.2) is 0 Å². The zero-order valence-corrected chi connectivity index (χ0v) is 12.9. The fraction of sp³-hybridized carbons (Fsp3) is 0.316. The van der Waals surface area contributed by atoms with Crippen molar-refractivity contribution in [3.63, 3.8) is 0 Å². The van der Waals surface area contributed by atoms with E-state index in [9.17, 15) is 4.79 Å². The number of amides is 1. The maximum atomic E-state index is 12.4. The van der Waals surface area contributed by atoms with Gasteiger partial charge in [-0.05, 0) is 29.2 Å². The zero-order valence-electron chi connectivity index (χ0n) is 12.9. The van der Waals surface area contributed by atoms with Gasteiger partial charge < -0.3 is 9.64 Å². The molecule has 0 N–H and O–H groups in total. The number of carbonyl (C=O) groups is 1. The molecule has 0 bridgehead atoms. The Morgan fingerprint density at radius 2 is 1.86 bits per heavy atom. The van der Waals surface area contributed by atoms with Crippen molar-refractivity contribution in [1.29, 1.82) is 0 Å². The number of carbonyl (C=O) groups excluding carboxylic acids is 1. The molecule has 1 unspecified atom stereocenters. The summed E-state index contributed by atoms with van der Waals surface area (Å²) in [6, 6.07) is 18.0. The summed E-state index contributed by atoms with van der Waals surface area (Å²) in [6.07, 6.45) is 0.420. The van der Waals surface area contributed by atoms with Crippen molar-refractivity contribution in [2.75, 3.05) is 13.2 Å². The van der Waals surface area contributed by atoms with Crippen LogP contribution in [-0.4, -0.2) is 24.0 Å². The molecule has 3 heteroatoms. The molecular weight excluding hydrogens is 274 g/mol. The fourth-order valence-corrected chi connectivity index (χ4v) is 2.98. The zero-order chi connectivity index (χ0) is 15.4. The van der Waals surface area contributed by atoms with Crippen molar-refractivity contribution < 1.29 is 9.53 Å². The molecule has 22 heavy (non-hydrogen) atoms. The average molecular weight is 295 g/mol. The van der Waals surface area contributed by atoms with E-state index in [1.54, 1.807) is 0 Å². The third kappa shape index (κ3) is 3.30. The van der Waals surface area contributed by atoms with Crippen molar-refractivity contribution in [2.24, 2.45) is 0 Å². The molecule has 0 saturated carbocycles. The number of hydrogen-bond acceptors (Lipinski definition) is 2. The van der Waals surface area contributed by atoms with Crippen molar-refractivity contribution in [3.8, 4) is 5.75 Å². The van der Waals surface area contributed by atoms with Crippen LogP contribution in [0.4, 0.5) is 0 Å². The molecule has 3 rings (SSSR count).